The molecule has 70 valence electrons. The topological polar surface area (TPSA) is 27.6 Å². The van der Waals surface area contributed by atoms with Crippen LogP contribution in [0, 0.1) is 0 Å². The summed E-state index contributed by atoms with van der Waals surface area (Å²) >= 11 is 1.85. The SMILES string of the molecule is C1=C(C2CCCN2)SC2=NCCN12. The third-order valence-corrected chi connectivity index (χ3v) is 3.90. The average molecular weight is 195 g/mol. The van der Waals surface area contributed by atoms with E-state index in [4.69, 9.17) is 0 Å². The van der Waals surface area contributed by atoms with Crippen LogP contribution < -0.4 is 5.32 Å². The Balaban J connectivity index is 1.76. The zero-order valence-corrected chi connectivity index (χ0v) is 8.31. The molecule has 1 atom stereocenters. The molecule has 0 amide bonds. The van der Waals surface area contributed by atoms with Gasteiger partial charge in [0.05, 0.1) is 6.54 Å². The van der Waals surface area contributed by atoms with Crippen LogP contribution in [0.3, 0.4) is 0 Å². The summed E-state index contributed by atoms with van der Waals surface area (Å²) in [7, 11) is 0. The van der Waals surface area contributed by atoms with Gasteiger partial charge in [0.1, 0.15) is 0 Å². The highest BCUT2D eigenvalue weighted by Crippen LogP contribution is 2.35. The van der Waals surface area contributed by atoms with Crippen molar-refractivity contribution in [2.24, 2.45) is 4.99 Å². The summed E-state index contributed by atoms with van der Waals surface area (Å²) in [5.41, 5.74) is 0. The number of aliphatic imine (C=N–C) groups is 1. The third-order valence-electron chi connectivity index (χ3n) is 2.73. The predicted octanol–water partition coefficient (Wildman–Crippen LogP) is 0.998. The van der Waals surface area contributed by atoms with Gasteiger partial charge in [0, 0.05) is 23.7 Å². The minimum atomic E-state index is 0.610. The van der Waals surface area contributed by atoms with Crippen molar-refractivity contribution < 1.29 is 0 Å². The Morgan fingerprint density at radius 3 is 3.38 bits per heavy atom. The maximum absolute atomic E-state index is 4.45. The fourth-order valence-electron chi connectivity index (χ4n) is 2.02. The molecule has 0 saturated carbocycles. The molecule has 13 heavy (non-hydrogen) atoms. The van der Waals surface area contributed by atoms with Crippen molar-refractivity contribution in [3.8, 4) is 0 Å². The Morgan fingerprint density at radius 1 is 1.62 bits per heavy atom. The fourth-order valence-corrected chi connectivity index (χ4v) is 3.18. The second kappa shape index (κ2) is 3.03. The summed E-state index contributed by atoms with van der Waals surface area (Å²) < 4.78 is 0. The predicted molar refractivity (Wildman–Crippen MR) is 55.7 cm³/mol. The Bertz CT molecular complexity index is 279. The minimum Gasteiger partial charge on any atom is -0.325 e. The lowest BCUT2D eigenvalue weighted by atomic mass is 10.2. The van der Waals surface area contributed by atoms with Crippen molar-refractivity contribution in [1.82, 2.24) is 10.2 Å². The van der Waals surface area contributed by atoms with Gasteiger partial charge in [-0.05, 0) is 19.4 Å². The van der Waals surface area contributed by atoms with E-state index < -0.39 is 0 Å². The van der Waals surface area contributed by atoms with Gasteiger partial charge in [-0.3, -0.25) is 4.99 Å². The van der Waals surface area contributed by atoms with E-state index in [9.17, 15) is 0 Å². The molecule has 3 nitrogen and oxygen atoms in total. The van der Waals surface area contributed by atoms with Crippen LogP contribution in [0.25, 0.3) is 0 Å². The van der Waals surface area contributed by atoms with Crippen LogP contribution in [-0.2, 0) is 0 Å². The molecule has 3 aliphatic rings. The van der Waals surface area contributed by atoms with Crippen LogP contribution in [0.1, 0.15) is 12.8 Å². The van der Waals surface area contributed by atoms with E-state index in [1.165, 1.54) is 29.5 Å². The number of amidine groups is 1. The maximum Gasteiger partial charge on any atom is 0.168 e. The van der Waals surface area contributed by atoms with Gasteiger partial charge in [0.15, 0.2) is 5.17 Å². The smallest absolute Gasteiger partial charge is 0.168 e. The molecule has 0 spiro atoms. The van der Waals surface area contributed by atoms with Crippen molar-refractivity contribution in [2.75, 3.05) is 19.6 Å². The minimum absolute atomic E-state index is 0.610. The first kappa shape index (κ1) is 7.88. The zero-order valence-electron chi connectivity index (χ0n) is 7.49. The molecule has 0 aromatic rings. The quantitative estimate of drug-likeness (QED) is 0.676. The van der Waals surface area contributed by atoms with Crippen molar-refractivity contribution in [3.05, 3.63) is 11.1 Å². The van der Waals surface area contributed by atoms with Gasteiger partial charge in [0.2, 0.25) is 0 Å². The second-order valence-electron chi connectivity index (χ2n) is 3.64. The monoisotopic (exact) mass is 195 g/mol. The number of nitrogens with zero attached hydrogens (tertiary/aromatic N) is 2. The van der Waals surface area contributed by atoms with Crippen LogP contribution >= 0.6 is 11.8 Å². The van der Waals surface area contributed by atoms with Crippen LogP contribution in [0.5, 0.6) is 0 Å². The van der Waals surface area contributed by atoms with Gasteiger partial charge in [-0.15, -0.1) is 0 Å². The first-order valence-corrected chi connectivity index (χ1v) is 5.69. The van der Waals surface area contributed by atoms with E-state index >= 15 is 0 Å². The van der Waals surface area contributed by atoms with E-state index in [1.54, 1.807) is 0 Å². The van der Waals surface area contributed by atoms with Crippen molar-refractivity contribution >= 4 is 16.9 Å². The lowest BCUT2D eigenvalue weighted by Gasteiger charge is -2.08. The summed E-state index contributed by atoms with van der Waals surface area (Å²) in [6.07, 6.45) is 4.88. The van der Waals surface area contributed by atoms with E-state index in [0.29, 0.717) is 6.04 Å². The number of rotatable bonds is 1. The fraction of sp³-hybridized carbons (Fsp3) is 0.667. The molecule has 0 aromatic carbocycles. The highest BCUT2D eigenvalue weighted by atomic mass is 32.2. The molecule has 1 unspecified atom stereocenters. The number of fused-ring (bicyclic) bond motifs is 1. The lowest BCUT2D eigenvalue weighted by Crippen LogP contribution is -2.21. The summed E-state index contributed by atoms with van der Waals surface area (Å²) in [4.78, 5) is 8.19. The number of nitrogens with one attached hydrogen (secondary N) is 1. The molecule has 3 heterocycles. The standard InChI is InChI=1S/C9H13N3S/c1-2-7(10-3-1)8-6-12-5-4-11-9(12)13-8/h6-7,10H,1-5H2. The van der Waals surface area contributed by atoms with Crippen LogP contribution in [0.4, 0.5) is 0 Å². The number of hydrogen-bond donors (Lipinski definition) is 1. The Morgan fingerprint density at radius 2 is 2.62 bits per heavy atom. The average Bonchev–Trinajstić information content (AvgIpc) is 2.78. The van der Waals surface area contributed by atoms with E-state index in [2.05, 4.69) is 21.4 Å². The zero-order chi connectivity index (χ0) is 8.67. The first-order chi connectivity index (χ1) is 6.43. The van der Waals surface area contributed by atoms with Gasteiger partial charge in [-0.1, -0.05) is 11.8 Å². The summed E-state index contributed by atoms with van der Waals surface area (Å²) in [5.74, 6) is 0. The molecular weight excluding hydrogens is 182 g/mol. The van der Waals surface area contributed by atoms with Gasteiger partial charge in [0.25, 0.3) is 0 Å². The molecule has 0 aliphatic carbocycles. The summed E-state index contributed by atoms with van der Waals surface area (Å²) in [5, 5.41) is 4.73. The van der Waals surface area contributed by atoms with E-state index in [-0.39, 0.29) is 0 Å². The number of hydrogen-bond acceptors (Lipinski definition) is 4. The van der Waals surface area contributed by atoms with E-state index in [1.807, 2.05) is 11.8 Å². The summed E-state index contributed by atoms with van der Waals surface area (Å²) in [6.45, 7) is 3.23. The van der Waals surface area contributed by atoms with Gasteiger partial charge in [-0.2, -0.15) is 0 Å². The molecule has 0 radical (unpaired) electrons. The van der Waals surface area contributed by atoms with E-state index in [0.717, 1.165) is 13.1 Å². The van der Waals surface area contributed by atoms with Gasteiger partial charge >= 0.3 is 0 Å². The maximum atomic E-state index is 4.45. The normalized spacial score (nSPS) is 32.0. The molecule has 3 rings (SSSR count). The third kappa shape index (κ3) is 1.28. The van der Waals surface area contributed by atoms with Gasteiger partial charge in [-0.25, -0.2) is 0 Å². The molecule has 4 heteroatoms. The van der Waals surface area contributed by atoms with Crippen molar-refractivity contribution in [3.63, 3.8) is 0 Å². The first-order valence-electron chi connectivity index (χ1n) is 4.87. The van der Waals surface area contributed by atoms with Crippen LogP contribution in [0.15, 0.2) is 16.1 Å². The van der Waals surface area contributed by atoms with Crippen LogP contribution in [-0.4, -0.2) is 35.7 Å². The van der Waals surface area contributed by atoms with Crippen LogP contribution in [0.2, 0.25) is 0 Å². The molecule has 0 bridgehead atoms. The Kier molecular flexibility index (Phi) is 1.84. The Labute approximate surface area is 82.3 Å². The molecule has 3 aliphatic heterocycles. The molecule has 1 N–H and O–H groups in total. The molecule has 1 fully saturated rings. The van der Waals surface area contributed by atoms with Crippen molar-refractivity contribution in [1.29, 1.82) is 0 Å². The lowest BCUT2D eigenvalue weighted by molar-refractivity contribution is 0.611. The molecule has 1 saturated heterocycles. The highest BCUT2D eigenvalue weighted by Gasteiger charge is 2.29. The Hall–Kier alpha value is -0.480. The summed E-state index contributed by atoms with van der Waals surface area (Å²) in [6, 6.07) is 0.610. The largest absolute Gasteiger partial charge is 0.325 e. The molecular formula is C9H13N3S. The highest BCUT2D eigenvalue weighted by molar-refractivity contribution is 8.17. The number of thioether (sulfide) groups is 1. The van der Waals surface area contributed by atoms with Gasteiger partial charge < -0.3 is 10.2 Å². The second-order valence-corrected chi connectivity index (χ2v) is 4.68. The van der Waals surface area contributed by atoms with Crippen molar-refractivity contribution in [2.45, 2.75) is 18.9 Å². The molecule has 0 aromatic heterocycles.